The first kappa shape index (κ1) is 11.3. The second-order valence-electron chi connectivity index (χ2n) is 3.89. The molecule has 5 heteroatoms. The molecule has 0 spiro atoms. The van der Waals surface area contributed by atoms with E-state index in [0.29, 0.717) is 24.4 Å². The summed E-state index contributed by atoms with van der Waals surface area (Å²) in [6, 6.07) is 5.20. The Labute approximate surface area is 98.9 Å². The first-order valence-electron chi connectivity index (χ1n) is 5.37. The summed E-state index contributed by atoms with van der Waals surface area (Å²) in [5.74, 6) is -0.833. The Morgan fingerprint density at radius 2 is 2.35 bits per heavy atom. The van der Waals surface area contributed by atoms with Gasteiger partial charge in [-0.25, -0.2) is 4.98 Å². The summed E-state index contributed by atoms with van der Waals surface area (Å²) in [5, 5.41) is 5.20. The number of piperidine rings is 1. The van der Waals surface area contributed by atoms with Crippen molar-refractivity contribution >= 4 is 17.6 Å². The molecule has 2 amide bonds. The zero-order valence-electron chi connectivity index (χ0n) is 9.27. The van der Waals surface area contributed by atoms with E-state index in [9.17, 15) is 9.59 Å². The Morgan fingerprint density at radius 3 is 3.00 bits per heavy atom. The van der Waals surface area contributed by atoms with Crippen LogP contribution in [0.3, 0.4) is 0 Å². The number of nitrogens with one attached hydrogen (secondary N) is 2. The standard InChI is InChI=1S/C12H13N3O2/c1-8-5-6-9(11(16)14-8)12(17)15-10-4-2-3-7-13-10/h2-4,7,9H,1,5-6H2,(H,14,16)(H,13,15,17). The highest BCUT2D eigenvalue weighted by Crippen LogP contribution is 2.18. The summed E-state index contributed by atoms with van der Waals surface area (Å²) in [5.41, 5.74) is 0.664. The average Bonchev–Trinajstić information content (AvgIpc) is 2.30. The van der Waals surface area contributed by atoms with Crippen LogP contribution in [0.25, 0.3) is 0 Å². The number of nitrogens with zero attached hydrogens (tertiary/aromatic N) is 1. The molecule has 1 saturated heterocycles. The van der Waals surface area contributed by atoms with Crippen LogP contribution < -0.4 is 10.6 Å². The van der Waals surface area contributed by atoms with Gasteiger partial charge < -0.3 is 10.6 Å². The van der Waals surface area contributed by atoms with Gasteiger partial charge in [0.05, 0.1) is 0 Å². The summed E-state index contributed by atoms with van der Waals surface area (Å²) >= 11 is 0. The number of carbonyl (C=O) groups excluding carboxylic acids is 2. The molecule has 1 aromatic heterocycles. The zero-order valence-corrected chi connectivity index (χ0v) is 9.27. The maximum atomic E-state index is 11.8. The van der Waals surface area contributed by atoms with Gasteiger partial charge in [0, 0.05) is 11.9 Å². The van der Waals surface area contributed by atoms with Crippen LogP contribution in [0.2, 0.25) is 0 Å². The van der Waals surface area contributed by atoms with Crippen LogP contribution in [0.5, 0.6) is 0 Å². The quantitative estimate of drug-likeness (QED) is 0.748. The molecule has 5 nitrogen and oxygen atoms in total. The molecule has 1 fully saturated rings. The predicted octanol–water partition coefficient (Wildman–Crippen LogP) is 1.06. The van der Waals surface area contributed by atoms with E-state index in [-0.39, 0.29) is 11.8 Å². The molecule has 0 bridgehead atoms. The fourth-order valence-electron chi connectivity index (χ4n) is 1.67. The number of pyridine rings is 1. The van der Waals surface area contributed by atoms with Crippen molar-refractivity contribution in [3.05, 3.63) is 36.7 Å². The van der Waals surface area contributed by atoms with Crippen molar-refractivity contribution in [1.29, 1.82) is 0 Å². The molecule has 0 aliphatic carbocycles. The normalized spacial score (nSPS) is 19.6. The number of anilines is 1. The molecule has 17 heavy (non-hydrogen) atoms. The van der Waals surface area contributed by atoms with Crippen molar-refractivity contribution in [1.82, 2.24) is 10.3 Å². The van der Waals surface area contributed by atoms with Gasteiger partial charge in [-0.3, -0.25) is 9.59 Å². The van der Waals surface area contributed by atoms with E-state index in [1.807, 2.05) is 0 Å². The van der Waals surface area contributed by atoms with E-state index in [2.05, 4.69) is 22.2 Å². The highest BCUT2D eigenvalue weighted by atomic mass is 16.2. The number of allylic oxidation sites excluding steroid dienone is 1. The summed E-state index contributed by atoms with van der Waals surface area (Å²) in [6.45, 7) is 3.67. The molecule has 88 valence electrons. The molecule has 0 aromatic carbocycles. The highest BCUT2D eigenvalue weighted by Gasteiger charge is 2.30. The molecule has 1 aromatic rings. The molecule has 1 unspecified atom stereocenters. The van der Waals surface area contributed by atoms with Crippen molar-refractivity contribution in [2.75, 3.05) is 5.32 Å². The minimum absolute atomic E-state index is 0.297. The Kier molecular flexibility index (Phi) is 3.18. The van der Waals surface area contributed by atoms with Gasteiger partial charge in [0.2, 0.25) is 11.8 Å². The van der Waals surface area contributed by atoms with Crippen LogP contribution in [-0.2, 0) is 9.59 Å². The van der Waals surface area contributed by atoms with E-state index in [1.165, 1.54) is 0 Å². The van der Waals surface area contributed by atoms with Gasteiger partial charge in [0.15, 0.2) is 0 Å². The third-order valence-electron chi connectivity index (χ3n) is 2.58. The highest BCUT2D eigenvalue weighted by molar-refractivity contribution is 6.06. The van der Waals surface area contributed by atoms with Gasteiger partial charge in [-0.1, -0.05) is 12.6 Å². The number of hydrogen-bond donors (Lipinski definition) is 2. The first-order valence-corrected chi connectivity index (χ1v) is 5.37. The summed E-state index contributed by atoms with van der Waals surface area (Å²) < 4.78 is 0. The topological polar surface area (TPSA) is 71.1 Å². The molecule has 2 rings (SSSR count). The Morgan fingerprint density at radius 1 is 1.53 bits per heavy atom. The van der Waals surface area contributed by atoms with E-state index in [1.54, 1.807) is 24.4 Å². The summed E-state index contributed by atoms with van der Waals surface area (Å²) in [4.78, 5) is 27.4. The molecule has 0 radical (unpaired) electrons. The van der Waals surface area contributed by atoms with Crippen LogP contribution in [0, 0.1) is 5.92 Å². The second-order valence-corrected chi connectivity index (χ2v) is 3.89. The lowest BCUT2D eigenvalue weighted by Crippen LogP contribution is -2.41. The van der Waals surface area contributed by atoms with Crippen LogP contribution >= 0.6 is 0 Å². The average molecular weight is 231 g/mol. The molecule has 2 N–H and O–H groups in total. The fourth-order valence-corrected chi connectivity index (χ4v) is 1.67. The number of carbonyl (C=O) groups is 2. The lowest BCUT2D eigenvalue weighted by Gasteiger charge is -2.22. The van der Waals surface area contributed by atoms with Crippen molar-refractivity contribution in [3.63, 3.8) is 0 Å². The minimum atomic E-state index is -0.664. The van der Waals surface area contributed by atoms with E-state index in [4.69, 9.17) is 0 Å². The monoisotopic (exact) mass is 231 g/mol. The van der Waals surface area contributed by atoms with Gasteiger partial charge >= 0.3 is 0 Å². The molecular formula is C12H13N3O2. The lowest BCUT2D eigenvalue weighted by molar-refractivity contribution is -0.133. The molecule has 1 atom stereocenters. The smallest absolute Gasteiger partial charge is 0.238 e. The van der Waals surface area contributed by atoms with Gasteiger partial charge in [0.1, 0.15) is 11.7 Å². The molecular weight excluding hydrogens is 218 g/mol. The van der Waals surface area contributed by atoms with Crippen molar-refractivity contribution in [3.8, 4) is 0 Å². The molecule has 2 heterocycles. The van der Waals surface area contributed by atoms with E-state index >= 15 is 0 Å². The third kappa shape index (κ3) is 2.69. The van der Waals surface area contributed by atoms with Crippen molar-refractivity contribution in [2.45, 2.75) is 12.8 Å². The van der Waals surface area contributed by atoms with Crippen molar-refractivity contribution < 1.29 is 9.59 Å². The number of aromatic nitrogens is 1. The minimum Gasteiger partial charge on any atom is -0.330 e. The zero-order chi connectivity index (χ0) is 12.3. The summed E-state index contributed by atoms with van der Waals surface area (Å²) in [7, 11) is 0. The predicted molar refractivity (Wildman–Crippen MR) is 62.9 cm³/mol. The van der Waals surface area contributed by atoms with Gasteiger partial charge in [-0.15, -0.1) is 0 Å². The van der Waals surface area contributed by atoms with Crippen LogP contribution in [0.4, 0.5) is 5.82 Å². The first-order chi connectivity index (χ1) is 8.16. The Balaban J connectivity index is 2.01. The number of amides is 2. The van der Waals surface area contributed by atoms with E-state index < -0.39 is 5.92 Å². The van der Waals surface area contributed by atoms with Crippen LogP contribution in [-0.4, -0.2) is 16.8 Å². The van der Waals surface area contributed by atoms with E-state index in [0.717, 1.165) is 0 Å². The van der Waals surface area contributed by atoms with Crippen LogP contribution in [0.1, 0.15) is 12.8 Å². The Bertz CT molecular complexity index is 456. The summed E-state index contributed by atoms with van der Waals surface area (Å²) in [6.07, 6.45) is 2.70. The largest absolute Gasteiger partial charge is 0.330 e. The second kappa shape index (κ2) is 4.78. The van der Waals surface area contributed by atoms with Crippen LogP contribution in [0.15, 0.2) is 36.7 Å². The van der Waals surface area contributed by atoms with Gasteiger partial charge in [0.25, 0.3) is 0 Å². The Hall–Kier alpha value is -2.17. The van der Waals surface area contributed by atoms with Crippen molar-refractivity contribution in [2.24, 2.45) is 5.92 Å². The fraction of sp³-hybridized carbons (Fsp3) is 0.250. The third-order valence-corrected chi connectivity index (χ3v) is 2.58. The molecule has 0 saturated carbocycles. The van der Waals surface area contributed by atoms with Gasteiger partial charge in [-0.2, -0.15) is 0 Å². The lowest BCUT2D eigenvalue weighted by atomic mass is 9.96. The number of rotatable bonds is 2. The van der Waals surface area contributed by atoms with Gasteiger partial charge in [-0.05, 0) is 25.0 Å². The molecule has 1 aliphatic rings. The number of hydrogen-bond acceptors (Lipinski definition) is 3. The molecule has 1 aliphatic heterocycles. The maximum Gasteiger partial charge on any atom is 0.238 e. The maximum absolute atomic E-state index is 11.8. The SMILES string of the molecule is C=C1CCC(C(=O)Nc2ccccn2)C(=O)N1.